The summed E-state index contributed by atoms with van der Waals surface area (Å²) >= 11 is 0. The molecule has 1 unspecified atom stereocenters. The van der Waals surface area contributed by atoms with Crippen molar-refractivity contribution in [2.45, 2.75) is 51.4 Å². The summed E-state index contributed by atoms with van der Waals surface area (Å²) in [5, 5.41) is 7.57. The fourth-order valence-electron chi connectivity index (χ4n) is 3.38. The molecule has 1 atom stereocenters. The summed E-state index contributed by atoms with van der Waals surface area (Å²) in [7, 11) is 0. The summed E-state index contributed by atoms with van der Waals surface area (Å²) in [6.07, 6.45) is 0.197. The van der Waals surface area contributed by atoms with Crippen LogP contribution in [0.25, 0.3) is 0 Å². The van der Waals surface area contributed by atoms with Crippen LogP contribution in [0, 0.1) is 0 Å². The smallest absolute Gasteiger partial charge is 0.257 e. The quantitative estimate of drug-likeness (QED) is 0.876. The van der Waals surface area contributed by atoms with Gasteiger partial charge in [-0.05, 0) is 25.8 Å². The molecule has 1 aromatic heterocycles. The number of hydrogen-bond donors (Lipinski definition) is 1. The van der Waals surface area contributed by atoms with Crippen LogP contribution in [-0.2, 0) is 13.1 Å². The van der Waals surface area contributed by atoms with Gasteiger partial charge in [-0.1, -0.05) is 30.3 Å². The van der Waals surface area contributed by atoms with Gasteiger partial charge in [-0.3, -0.25) is 9.58 Å². The van der Waals surface area contributed by atoms with Gasteiger partial charge in [0.25, 0.3) is 6.43 Å². The summed E-state index contributed by atoms with van der Waals surface area (Å²) in [5.74, 6) is 0.665. The Hall–Kier alpha value is -1.95. The minimum absolute atomic E-state index is 0.0824. The fraction of sp³-hybridized carbons (Fsp3) is 0.500. The van der Waals surface area contributed by atoms with Crippen LogP contribution in [0.3, 0.4) is 0 Å². The van der Waals surface area contributed by atoms with Crippen molar-refractivity contribution in [2.24, 2.45) is 0 Å². The Morgan fingerprint density at radius 2 is 2.00 bits per heavy atom. The Bertz CT molecular complexity index is 654. The number of alkyl halides is 2. The van der Waals surface area contributed by atoms with E-state index in [9.17, 15) is 8.78 Å². The second-order valence-electron chi connectivity index (χ2n) is 7.04. The molecule has 2 aromatic rings. The highest BCUT2D eigenvalue weighted by molar-refractivity contribution is 5.34. The summed E-state index contributed by atoms with van der Waals surface area (Å²) in [5.41, 5.74) is 1.38. The van der Waals surface area contributed by atoms with E-state index >= 15 is 0 Å². The molecule has 2 heterocycles. The van der Waals surface area contributed by atoms with Crippen LogP contribution in [-0.4, -0.2) is 39.2 Å². The van der Waals surface area contributed by atoms with E-state index in [4.69, 9.17) is 0 Å². The normalized spacial score (nSPS) is 20.6. The summed E-state index contributed by atoms with van der Waals surface area (Å²) < 4.78 is 26.1. The molecule has 0 amide bonds. The third-order valence-electron chi connectivity index (χ3n) is 4.58. The van der Waals surface area contributed by atoms with Crippen molar-refractivity contribution in [3.8, 4) is 0 Å². The van der Waals surface area contributed by atoms with Crippen molar-refractivity contribution >= 4 is 5.82 Å². The number of rotatable bonds is 6. The van der Waals surface area contributed by atoms with Gasteiger partial charge in [0.2, 0.25) is 0 Å². The van der Waals surface area contributed by atoms with Crippen molar-refractivity contribution in [1.82, 2.24) is 14.7 Å². The molecule has 130 valence electrons. The Balaban J connectivity index is 1.61. The molecule has 0 bridgehead atoms. The van der Waals surface area contributed by atoms with E-state index in [0.717, 1.165) is 19.5 Å². The second kappa shape index (κ2) is 6.89. The topological polar surface area (TPSA) is 33.1 Å². The Morgan fingerprint density at radius 1 is 1.25 bits per heavy atom. The molecular formula is C18H24F2N4. The number of halogens is 2. The molecule has 4 nitrogen and oxygen atoms in total. The molecule has 6 heteroatoms. The summed E-state index contributed by atoms with van der Waals surface area (Å²) in [6.45, 7) is 5.94. The van der Waals surface area contributed by atoms with Gasteiger partial charge >= 0.3 is 0 Å². The first-order chi connectivity index (χ1) is 11.4. The lowest BCUT2D eigenvalue weighted by molar-refractivity contribution is 0.122. The number of benzene rings is 1. The maximum atomic E-state index is 12.4. The highest BCUT2D eigenvalue weighted by Gasteiger charge is 2.38. The zero-order valence-corrected chi connectivity index (χ0v) is 14.1. The molecule has 3 rings (SSSR count). The Morgan fingerprint density at radius 3 is 2.71 bits per heavy atom. The molecule has 0 saturated carbocycles. The lowest BCUT2D eigenvalue weighted by Gasteiger charge is -2.31. The van der Waals surface area contributed by atoms with Crippen LogP contribution in [0.2, 0.25) is 0 Å². The van der Waals surface area contributed by atoms with Crippen LogP contribution < -0.4 is 5.32 Å². The van der Waals surface area contributed by atoms with E-state index in [-0.39, 0.29) is 18.1 Å². The van der Waals surface area contributed by atoms with E-state index < -0.39 is 6.43 Å². The number of nitrogens with zero attached hydrogens (tertiary/aromatic N) is 3. The maximum absolute atomic E-state index is 12.4. The SMILES string of the molecule is CC1(C)CC(Nc2ccn(CC(F)F)n2)CN1Cc1ccccc1. The number of likely N-dealkylation sites (tertiary alicyclic amines) is 1. The molecule has 1 saturated heterocycles. The molecule has 1 aromatic carbocycles. The van der Waals surface area contributed by atoms with Gasteiger partial charge in [-0.25, -0.2) is 8.78 Å². The molecule has 1 N–H and O–H groups in total. The lowest BCUT2D eigenvalue weighted by atomic mass is 10.00. The van der Waals surface area contributed by atoms with Crippen LogP contribution in [0.1, 0.15) is 25.8 Å². The molecule has 0 aliphatic carbocycles. The Kier molecular flexibility index (Phi) is 4.85. The van der Waals surface area contributed by atoms with Crippen molar-refractivity contribution in [3.63, 3.8) is 0 Å². The molecule has 1 fully saturated rings. The zero-order valence-electron chi connectivity index (χ0n) is 14.1. The van der Waals surface area contributed by atoms with E-state index in [1.54, 1.807) is 12.3 Å². The average molecular weight is 334 g/mol. The Labute approximate surface area is 141 Å². The van der Waals surface area contributed by atoms with Gasteiger partial charge < -0.3 is 5.32 Å². The maximum Gasteiger partial charge on any atom is 0.257 e. The number of anilines is 1. The first-order valence-corrected chi connectivity index (χ1v) is 8.29. The number of aromatic nitrogens is 2. The largest absolute Gasteiger partial charge is 0.365 e. The standard InChI is InChI=1S/C18H24F2N4/c1-18(2)10-15(12-23(18)11-14-6-4-3-5-7-14)21-17-8-9-24(22-17)13-16(19)20/h3-9,15-16H,10-13H2,1-2H3,(H,21,22). The highest BCUT2D eigenvalue weighted by Crippen LogP contribution is 2.31. The van der Waals surface area contributed by atoms with Gasteiger partial charge in [-0.2, -0.15) is 5.10 Å². The lowest BCUT2D eigenvalue weighted by Crippen LogP contribution is -2.37. The van der Waals surface area contributed by atoms with Crippen molar-refractivity contribution < 1.29 is 8.78 Å². The minimum atomic E-state index is -2.38. The van der Waals surface area contributed by atoms with Crippen LogP contribution in [0.4, 0.5) is 14.6 Å². The highest BCUT2D eigenvalue weighted by atomic mass is 19.3. The van der Waals surface area contributed by atoms with E-state index in [2.05, 4.69) is 53.4 Å². The molecule has 0 spiro atoms. The van der Waals surface area contributed by atoms with Crippen molar-refractivity contribution in [2.75, 3.05) is 11.9 Å². The van der Waals surface area contributed by atoms with Gasteiger partial charge in [0.1, 0.15) is 12.4 Å². The minimum Gasteiger partial charge on any atom is -0.365 e. The van der Waals surface area contributed by atoms with Gasteiger partial charge in [0, 0.05) is 36.9 Å². The first-order valence-electron chi connectivity index (χ1n) is 8.29. The molecular weight excluding hydrogens is 310 g/mol. The average Bonchev–Trinajstić information content (AvgIpc) is 3.04. The summed E-state index contributed by atoms with van der Waals surface area (Å²) in [6, 6.07) is 12.5. The number of hydrogen-bond acceptors (Lipinski definition) is 3. The van der Waals surface area contributed by atoms with E-state index in [1.807, 2.05) is 6.07 Å². The van der Waals surface area contributed by atoms with Gasteiger partial charge in [0.15, 0.2) is 0 Å². The van der Waals surface area contributed by atoms with Gasteiger partial charge in [0.05, 0.1) is 0 Å². The predicted molar refractivity (Wildman–Crippen MR) is 91.2 cm³/mol. The fourth-order valence-corrected chi connectivity index (χ4v) is 3.38. The monoisotopic (exact) mass is 334 g/mol. The van der Waals surface area contributed by atoms with Crippen molar-refractivity contribution in [1.29, 1.82) is 0 Å². The predicted octanol–water partition coefficient (Wildman–Crippen LogP) is 3.61. The van der Waals surface area contributed by atoms with Gasteiger partial charge in [-0.15, -0.1) is 0 Å². The van der Waals surface area contributed by atoms with Crippen LogP contribution >= 0.6 is 0 Å². The molecule has 24 heavy (non-hydrogen) atoms. The zero-order chi connectivity index (χ0) is 17.2. The third-order valence-corrected chi connectivity index (χ3v) is 4.58. The van der Waals surface area contributed by atoms with E-state index in [0.29, 0.717) is 5.82 Å². The molecule has 1 aliphatic rings. The first kappa shape index (κ1) is 16.9. The van der Waals surface area contributed by atoms with Crippen LogP contribution in [0.5, 0.6) is 0 Å². The third kappa shape index (κ3) is 4.12. The van der Waals surface area contributed by atoms with E-state index in [1.165, 1.54) is 10.2 Å². The number of nitrogens with one attached hydrogen (secondary N) is 1. The summed E-state index contributed by atoms with van der Waals surface area (Å²) in [4.78, 5) is 2.45. The van der Waals surface area contributed by atoms with Crippen molar-refractivity contribution in [3.05, 3.63) is 48.2 Å². The second-order valence-corrected chi connectivity index (χ2v) is 7.04. The molecule has 1 aliphatic heterocycles. The van der Waals surface area contributed by atoms with Crippen LogP contribution in [0.15, 0.2) is 42.6 Å². The molecule has 0 radical (unpaired) electrons.